The number of likely N-dealkylation sites (tertiary alicyclic amines) is 1. The summed E-state index contributed by atoms with van der Waals surface area (Å²) in [6, 6.07) is 12.1. The first kappa shape index (κ1) is 23.5. The van der Waals surface area contributed by atoms with Crippen LogP contribution in [0.25, 0.3) is 0 Å². The van der Waals surface area contributed by atoms with E-state index in [0.717, 1.165) is 4.90 Å². The number of aliphatic imine (C=N–C) groups is 1. The van der Waals surface area contributed by atoms with Crippen LogP contribution in [-0.4, -0.2) is 41.2 Å². The third-order valence-corrected chi connectivity index (χ3v) is 5.16. The summed E-state index contributed by atoms with van der Waals surface area (Å²) in [5.41, 5.74) is 10.1. The predicted octanol–water partition coefficient (Wildman–Crippen LogP) is 1.74. The lowest BCUT2D eigenvalue weighted by atomic mass is 9.90. The van der Waals surface area contributed by atoms with E-state index in [1.165, 1.54) is 43.3 Å². The number of hydrogen-bond donors (Lipinski definition) is 2. The third kappa shape index (κ3) is 4.84. The zero-order chi connectivity index (χ0) is 24.2. The second kappa shape index (κ2) is 9.51. The number of amides is 2. The highest BCUT2D eigenvalue weighted by Gasteiger charge is 2.50. The van der Waals surface area contributed by atoms with Crippen molar-refractivity contribution >= 4 is 35.4 Å². The molecular formula is C23H24N4O6. The van der Waals surface area contributed by atoms with Crippen LogP contribution >= 0.6 is 0 Å². The number of nitrogens with zero attached hydrogens (tertiary/aromatic N) is 2. The van der Waals surface area contributed by atoms with Gasteiger partial charge in [-0.15, -0.1) is 0 Å². The molecule has 0 bridgehead atoms. The smallest absolute Gasteiger partial charge is 0.343 e. The van der Waals surface area contributed by atoms with E-state index in [1.54, 1.807) is 19.1 Å². The molecule has 1 saturated heterocycles. The summed E-state index contributed by atoms with van der Waals surface area (Å²) in [6.45, 7) is 3.19. The number of carbonyl (C=O) groups excluding carboxylic acids is 4. The molecule has 2 aromatic rings. The van der Waals surface area contributed by atoms with Gasteiger partial charge in [0.2, 0.25) is 11.8 Å². The number of carbonyl (C=O) groups is 4. The van der Waals surface area contributed by atoms with Gasteiger partial charge in [0.1, 0.15) is 5.75 Å². The average Bonchev–Trinajstić information content (AvgIpc) is 3.12. The number of ether oxygens (including phenoxy) is 2. The highest BCUT2D eigenvalue weighted by atomic mass is 16.5. The number of esters is 2. The van der Waals surface area contributed by atoms with E-state index < -0.39 is 29.3 Å². The summed E-state index contributed by atoms with van der Waals surface area (Å²) in [5, 5.41) is 0. The van der Waals surface area contributed by atoms with Gasteiger partial charge in [0.05, 0.1) is 17.9 Å². The molecule has 172 valence electrons. The van der Waals surface area contributed by atoms with Crippen LogP contribution in [0.3, 0.4) is 0 Å². The molecule has 1 atom stereocenters. The van der Waals surface area contributed by atoms with E-state index in [0.29, 0.717) is 11.3 Å². The maximum atomic E-state index is 12.8. The number of benzene rings is 2. The van der Waals surface area contributed by atoms with Crippen molar-refractivity contribution in [3.8, 4) is 5.75 Å². The van der Waals surface area contributed by atoms with Gasteiger partial charge in [0, 0.05) is 12.8 Å². The Hall–Kier alpha value is -4.21. The molecular weight excluding hydrogens is 428 g/mol. The Morgan fingerprint density at radius 3 is 2.09 bits per heavy atom. The quantitative estimate of drug-likeness (QED) is 0.212. The summed E-state index contributed by atoms with van der Waals surface area (Å²) in [7, 11) is 0. The van der Waals surface area contributed by atoms with E-state index in [9.17, 15) is 19.2 Å². The van der Waals surface area contributed by atoms with Crippen molar-refractivity contribution in [2.75, 3.05) is 6.61 Å². The van der Waals surface area contributed by atoms with Crippen molar-refractivity contribution in [1.82, 2.24) is 4.90 Å². The molecule has 1 aliphatic rings. The molecule has 1 aliphatic heterocycles. The molecule has 4 N–H and O–H groups in total. The van der Waals surface area contributed by atoms with Crippen molar-refractivity contribution < 1.29 is 28.7 Å². The summed E-state index contributed by atoms with van der Waals surface area (Å²) >= 11 is 0. The average molecular weight is 452 g/mol. The Bertz CT molecular complexity index is 1090. The van der Waals surface area contributed by atoms with Crippen LogP contribution < -0.4 is 16.2 Å². The largest absolute Gasteiger partial charge is 0.464 e. The SMILES string of the molecule is CCOC(=O)C(C)(c1ccc(OC(=O)c2ccc(N=C(N)N)cc2)cc1)N1C(=O)CCC1=O. The first-order valence-corrected chi connectivity index (χ1v) is 10.2. The van der Waals surface area contributed by atoms with Crippen LogP contribution in [0.1, 0.15) is 42.6 Å². The van der Waals surface area contributed by atoms with Crippen molar-refractivity contribution in [3.05, 3.63) is 59.7 Å². The second-order valence-corrected chi connectivity index (χ2v) is 7.41. The number of imide groups is 1. The number of hydrogen-bond acceptors (Lipinski definition) is 7. The van der Waals surface area contributed by atoms with Crippen molar-refractivity contribution in [2.45, 2.75) is 32.2 Å². The van der Waals surface area contributed by atoms with Crippen LogP contribution in [0.4, 0.5) is 5.69 Å². The predicted molar refractivity (Wildman–Crippen MR) is 118 cm³/mol. The molecule has 2 amide bonds. The first-order valence-electron chi connectivity index (χ1n) is 10.2. The number of nitrogens with two attached hydrogens (primary N) is 2. The monoisotopic (exact) mass is 452 g/mol. The van der Waals surface area contributed by atoms with Crippen molar-refractivity contribution in [2.24, 2.45) is 16.5 Å². The minimum atomic E-state index is -1.63. The molecule has 0 aliphatic carbocycles. The van der Waals surface area contributed by atoms with Crippen molar-refractivity contribution in [1.29, 1.82) is 0 Å². The highest BCUT2D eigenvalue weighted by molar-refractivity contribution is 6.06. The van der Waals surface area contributed by atoms with Gasteiger partial charge in [-0.1, -0.05) is 12.1 Å². The van der Waals surface area contributed by atoms with Crippen LogP contribution in [-0.2, 0) is 24.7 Å². The molecule has 1 fully saturated rings. The second-order valence-electron chi connectivity index (χ2n) is 7.41. The molecule has 3 rings (SSSR count). The van der Waals surface area contributed by atoms with Crippen LogP contribution in [0.5, 0.6) is 5.75 Å². The molecule has 1 unspecified atom stereocenters. The zero-order valence-corrected chi connectivity index (χ0v) is 18.2. The highest BCUT2D eigenvalue weighted by Crippen LogP contribution is 2.35. The maximum Gasteiger partial charge on any atom is 0.343 e. The van der Waals surface area contributed by atoms with Crippen LogP contribution in [0, 0.1) is 0 Å². The van der Waals surface area contributed by atoms with Gasteiger partial charge >= 0.3 is 11.9 Å². The zero-order valence-electron chi connectivity index (χ0n) is 18.2. The van der Waals surface area contributed by atoms with Gasteiger partial charge in [-0.25, -0.2) is 14.6 Å². The Morgan fingerprint density at radius 1 is 1.00 bits per heavy atom. The summed E-state index contributed by atoms with van der Waals surface area (Å²) in [5.74, 6) is -2.12. The van der Waals surface area contributed by atoms with Gasteiger partial charge in [0.25, 0.3) is 0 Å². The van der Waals surface area contributed by atoms with E-state index in [-0.39, 0.29) is 36.7 Å². The normalized spacial score (nSPS) is 15.0. The lowest BCUT2D eigenvalue weighted by Gasteiger charge is -2.35. The van der Waals surface area contributed by atoms with E-state index >= 15 is 0 Å². The Labute approximate surface area is 190 Å². The fraction of sp³-hybridized carbons (Fsp3) is 0.261. The van der Waals surface area contributed by atoms with Gasteiger partial charge < -0.3 is 20.9 Å². The van der Waals surface area contributed by atoms with Crippen LogP contribution in [0.2, 0.25) is 0 Å². The molecule has 1 heterocycles. The molecule has 2 aromatic carbocycles. The standard InChI is InChI=1S/C23H24N4O6/c1-3-32-21(31)23(2,27-18(28)12-13-19(27)29)15-6-10-17(11-7-15)33-20(30)14-4-8-16(9-5-14)26-22(24)25/h4-11H,3,12-13H2,1-2H3,(H4,24,25,26). The minimum Gasteiger partial charge on any atom is -0.464 e. The molecule has 0 aromatic heterocycles. The third-order valence-electron chi connectivity index (χ3n) is 5.16. The Kier molecular flexibility index (Phi) is 6.76. The van der Waals surface area contributed by atoms with E-state index in [1.807, 2.05) is 0 Å². The lowest BCUT2D eigenvalue weighted by molar-refractivity contribution is -0.166. The summed E-state index contributed by atoms with van der Waals surface area (Å²) < 4.78 is 10.5. The fourth-order valence-corrected chi connectivity index (χ4v) is 3.52. The van der Waals surface area contributed by atoms with Crippen molar-refractivity contribution in [3.63, 3.8) is 0 Å². The van der Waals surface area contributed by atoms with Gasteiger partial charge in [-0.3, -0.25) is 14.5 Å². The Morgan fingerprint density at radius 2 is 1.58 bits per heavy atom. The summed E-state index contributed by atoms with van der Waals surface area (Å²) in [6.07, 6.45) is 0.0665. The molecule has 33 heavy (non-hydrogen) atoms. The van der Waals surface area contributed by atoms with E-state index in [2.05, 4.69) is 4.99 Å². The maximum absolute atomic E-state index is 12.8. The fourth-order valence-electron chi connectivity index (χ4n) is 3.52. The molecule has 10 heteroatoms. The Balaban J connectivity index is 1.83. The van der Waals surface area contributed by atoms with Gasteiger partial charge in [-0.2, -0.15) is 0 Å². The molecule has 0 radical (unpaired) electrons. The van der Waals surface area contributed by atoms with Gasteiger partial charge in [0.15, 0.2) is 11.5 Å². The molecule has 10 nitrogen and oxygen atoms in total. The lowest BCUT2D eigenvalue weighted by Crippen LogP contribution is -2.53. The summed E-state index contributed by atoms with van der Waals surface area (Å²) in [4.78, 5) is 54.8. The first-order chi connectivity index (χ1) is 15.7. The minimum absolute atomic E-state index is 0.0332. The van der Waals surface area contributed by atoms with Gasteiger partial charge in [-0.05, 0) is 55.8 Å². The topological polar surface area (TPSA) is 154 Å². The molecule has 0 spiro atoms. The molecule has 0 saturated carbocycles. The van der Waals surface area contributed by atoms with Crippen LogP contribution in [0.15, 0.2) is 53.5 Å². The van der Waals surface area contributed by atoms with E-state index in [4.69, 9.17) is 20.9 Å². The number of guanidine groups is 1. The number of rotatable bonds is 7.